The van der Waals surface area contributed by atoms with E-state index < -0.39 is 10.8 Å². The molecule has 0 aromatic heterocycles. The van der Waals surface area contributed by atoms with Crippen LogP contribution in [0.4, 0.5) is 11.4 Å². The summed E-state index contributed by atoms with van der Waals surface area (Å²) in [5.74, 6) is 0.0905. The Labute approximate surface area is 167 Å². The minimum absolute atomic E-state index is 0.0396. The van der Waals surface area contributed by atoms with E-state index in [1.165, 1.54) is 24.3 Å². The second-order valence-corrected chi connectivity index (χ2v) is 6.70. The molecule has 3 rings (SSSR count). The number of carbonyl (C=O) groups excluding carboxylic acids is 1. The Morgan fingerprint density at radius 1 is 1.36 bits per heavy atom. The van der Waals surface area contributed by atoms with Crippen molar-refractivity contribution >= 4 is 35.0 Å². The van der Waals surface area contributed by atoms with Crippen molar-refractivity contribution in [1.82, 2.24) is 0 Å². The maximum atomic E-state index is 12.3. The summed E-state index contributed by atoms with van der Waals surface area (Å²) >= 11 is 6.03. The van der Waals surface area contributed by atoms with E-state index >= 15 is 0 Å². The number of rotatable bonds is 7. The number of ether oxygens (including phenoxy) is 2. The molecule has 146 valence electrons. The summed E-state index contributed by atoms with van der Waals surface area (Å²) in [6, 6.07) is 11.0. The van der Waals surface area contributed by atoms with Crippen LogP contribution in [-0.4, -0.2) is 30.1 Å². The third-order valence-electron chi connectivity index (χ3n) is 4.16. The van der Waals surface area contributed by atoms with Crippen molar-refractivity contribution in [2.75, 3.05) is 18.5 Å². The largest absolute Gasteiger partial charge is 0.489 e. The predicted octanol–water partition coefficient (Wildman–Crippen LogP) is 4.46. The lowest BCUT2D eigenvalue weighted by atomic mass is 10.2. The van der Waals surface area contributed by atoms with Gasteiger partial charge >= 0.3 is 0 Å². The number of carbonyl (C=O) groups is 1. The van der Waals surface area contributed by atoms with Gasteiger partial charge in [-0.1, -0.05) is 23.7 Å². The van der Waals surface area contributed by atoms with Crippen molar-refractivity contribution in [1.29, 1.82) is 0 Å². The lowest BCUT2D eigenvalue weighted by Gasteiger charge is -2.15. The number of anilines is 1. The Morgan fingerprint density at radius 2 is 2.21 bits per heavy atom. The first-order valence-electron chi connectivity index (χ1n) is 8.79. The Balaban J connectivity index is 1.66. The van der Waals surface area contributed by atoms with Gasteiger partial charge in [0.15, 0.2) is 0 Å². The van der Waals surface area contributed by atoms with Crippen LogP contribution in [0, 0.1) is 10.1 Å². The monoisotopic (exact) mass is 402 g/mol. The fraction of sp³-hybridized carbons (Fsp3) is 0.250. The minimum Gasteiger partial charge on any atom is -0.489 e. The molecule has 1 heterocycles. The van der Waals surface area contributed by atoms with Crippen LogP contribution in [0.15, 0.2) is 48.5 Å². The van der Waals surface area contributed by atoms with Crippen LogP contribution < -0.4 is 10.1 Å². The van der Waals surface area contributed by atoms with Crippen LogP contribution in [0.3, 0.4) is 0 Å². The van der Waals surface area contributed by atoms with E-state index in [0.29, 0.717) is 28.6 Å². The second kappa shape index (κ2) is 9.34. The lowest BCUT2D eigenvalue weighted by Crippen LogP contribution is -2.17. The molecule has 1 aliphatic heterocycles. The van der Waals surface area contributed by atoms with Gasteiger partial charge in [0.1, 0.15) is 12.4 Å². The average Bonchev–Trinajstić information content (AvgIpc) is 3.19. The van der Waals surface area contributed by atoms with Crippen molar-refractivity contribution in [2.45, 2.75) is 18.9 Å². The molecule has 1 fully saturated rings. The van der Waals surface area contributed by atoms with Gasteiger partial charge in [0.05, 0.1) is 16.7 Å². The average molecular weight is 403 g/mol. The summed E-state index contributed by atoms with van der Waals surface area (Å²) in [5.41, 5.74) is 0.951. The molecule has 8 heteroatoms. The lowest BCUT2D eigenvalue weighted by molar-refractivity contribution is -0.384. The predicted molar refractivity (Wildman–Crippen MR) is 107 cm³/mol. The molecule has 1 aliphatic rings. The maximum Gasteiger partial charge on any atom is 0.270 e. The number of non-ortho nitro benzene ring substituents is 1. The van der Waals surface area contributed by atoms with Crippen molar-refractivity contribution in [3.05, 3.63) is 69.2 Å². The molecule has 2 aromatic rings. The van der Waals surface area contributed by atoms with Gasteiger partial charge in [-0.2, -0.15) is 0 Å². The third-order valence-corrected chi connectivity index (χ3v) is 4.39. The highest BCUT2D eigenvalue weighted by atomic mass is 35.5. The molecular weight excluding hydrogens is 384 g/mol. The number of nitro benzene ring substituents is 1. The fourth-order valence-corrected chi connectivity index (χ4v) is 2.94. The van der Waals surface area contributed by atoms with Gasteiger partial charge in [0, 0.05) is 29.8 Å². The number of nitrogens with zero attached hydrogens (tertiary/aromatic N) is 1. The van der Waals surface area contributed by atoms with Gasteiger partial charge in [0.25, 0.3) is 5.69 Å². The highest BCUT2D eigenvalue weighted by Gasteiger charge is 2.17. The van der Waals surface area contributed by atoms with Crippen LogP contribution in [0.2, 0.25) is 5.02 Å². The van der Waals surface area contributed by atoms with Crippen molar-refractivity contribution in [2.24, 2.45) is 0 Å². The maximum absolute atomic E-state index is 12.3. The van der Waals surface area contributed by atoms with E-state index in [2.05, 4.69) is 5.32 Å². The molecular formula is C20H19ClN2O5. The van der Waals surface area contributed by atoms with Crippen molar-refractivity contribution < 1.29 is 19.2 Å². The van der Waals surface area contributed by atoms with E-state index in [1.54, 1.807) is 30.3 Å². The van der Waals surface area contributed by atoms with E-state index in [-0.39, 0.29) is 11.8 Å². The number of amides is 1. The molecule has 0 bridgehead atoms. The first kappa shape index (κ1) is 19.9. The first-order valence-corrected chi connectivity index (χ1v) is 9.16. The van der Waals surface area contributed by atoms with Crippen LogP contribution in [0.5, 0.6) is 5.75 Å². The van der Waals surface area contributed by atoms with Gasteiger partial charge < -0.3 is 14.8 Å². The molecule has 2 aromatic carbocycles. The molecule has 1 atom stereocenters. The topological polar surface area (TPSA) is 90.7 Å². The molecule has 0 saturated carbocycles. The number of hydrogen-bond acceptors (Lipinski definition) is 5. The smallest absolute Gasteiger partial charge is 0.270 e. The van der Waals surface area contributed by atoms with Crippen LogP contribution in [0.1, 0.15) is 18.4 Å². The van der Waals surface area contributed by atoms with Gasteiger partial charge in [0.2, 0.25) is 5.91 Å². The number of hydrogen-bond donors (Lipinski definition) is 1. The molecule has 1 N–H and O–H groups in total. The fourth-order valence-electron chi connectivity index (χ4n) is 2.77. The van der Waals surface area contributed by atoms with Gasteiger partial charge in [-0.05, 0) is 42.7 Å². The molecule has 1 unspecified atom stereocenters. The zero-order chi connectivity index (χ0) is 19.9. The SMILES string of the molecule is O=C(/C=C/c1cccc([N+](=O)[O-])c1)Nc1cc(Cl)ccc1OCC1CCCO1. The number of halogens is 1. The first-order chi connectivity index (χ1) is 13.5. The number of nitrogens with one attached hydrogen (secondary N) is 1. The molecule has 1 amide bonds. The zero-order valence-corrected chi connectivity index (χ0v) is 15.7. The molecule has 0 aliphatic carbocycles. The van der Waals surface area contributed by atoms with Gasteiger partial charge in [-0.3, -0.25) is 14.9 Å². The number of benzene rings is 2. The Hall–Kier alpha value is -2.90. The van der Waals surface area contributed by atoms with E-state index in [4.69, 9.17) is 21.1 Å². The van der Waals surface area contributed by atoms with Gasteiger partial charge in [-0.25, -0.2) is 0 Å². The summed E-state index contributed by atoms with van der Waals surface area (Å²) < 4.78 is 11.3. The molecule has 0 radical (unpaired) electrons. The molecule has 0 spiro atoms. The van der Waals surface area contributed by atoms with E-state index in [9.17, 15) is 14.9 Å². The van der Waals surface area contributed by atoms with E-state index in [1.807, 2.05) is 0 Å². The Bertz CT molecular complexity index is 894. The Kier molecular flexibility index (Phi) is 6.62. The van der Waals surface area contributed by atoms with E-state index in [0.717, 1.165) is 19.4 Å². The highest BCUT2D eigenvalue weighted by Crippen LogP contribution is 2.29. The second-order valence-electron chi connectivity index (χ2n) is 6.26. The van der Waals surface area contributed by atoms with Crippen LogP contribution in [-0.2, 0) is 9.53 Å². The van der Waals surface area contributed by atoms with Crippen molar-refractivity contribution in [3.8, 4) is 5.75 Å². The standard InChI is InChI=1S/C20H19ClN2O5/c21-15-7-8-19(28-13-17-5-2-10-27-17)18(12-15)22-20(24)9-6-14-3-1-4-16(11-14)23(25)26/h1,3-4,6-9,11-12,17H,2,5,10,13H2,(H,22,24)/b9-6+. The molecule has 7 nitrogen and oxygen atoms in total. The van der Waals surface area contributed by atoms with Crippen LogP contribution >= 0.6 is 11.6 Å². The molecule has 1 saturated heterocycles. The highest BCUT2D eigenvalue weighted by molar-refractivity contribution is 6.31. The van der Waals surface area contributed by atoms with Gasteiger partial charge in [-0.15, -0.1) is 0 Å². The summed E-state index contributed by atoms with van der Waals surface area (Å²) in [6.45, 7) is 1.13. The summed E-state index contributed by atoms with van der Waals surface area (Å²) in [7, 11) is 0. The van der Waals surface area contributed by atoms with Crippen LogP contribution in [0.25, 0.3) is 6.08 Å². The normalized spacial score (nSPS) is 16.2. The van der Waals surface area contributed by atoms with Crippen molar-refractivity contribution in [3.63, 3.8) is 0 Å². The Morgan fingerprint density at radius 3 is 2.96 bits per heavy atom. The summed E-state index contributed by atoms with van der Waals surface area (Å²) in [6.07, 6.45) is 4.80. The zero-order valence-electron chi connectivity index (χ0n) is 15.0. The summed E-state index contributed by atoms with van der Waals surface area (Å²) in [4.78, 5) is 22.6. The minimum atomic E-state index is -0.485. The third kappa shape index (κ3) is 5.55. The summed E-state index contributed by atoms with van der Waals surface area (Å²) in [5, 5.41) is 14.0. The molecule has 28 heavy (non-hydrogen) atoms. The number of nitro groups is 1. The quantitative estimate of drug-likeness (QED) is 0.419.